The highest BCUT2D eigenvalue weighted by Crippen LogP contribution is 2.51. The Morgan fingerprint density at radius 2 is 2.04 bits per heavy atom. The zero-order chi connectivity index (χ0) is 19.6. The second kappa shape index (κ2) is 7.54. The van der Waals surface area contributed by atoms with Crippen LogP contribution in [0, 0.1) is 5.41 Å². The monoisotopic (exact) mass is 384 g/mol. The molecule has 0 spiro atoms. The average Bonchev–Trinajstić information content (AvgIpc) is 2.60. The van der Waals surface area contributed by atoms with Crippen molar-refractivity contribution in [2.75, 3.05) is 23.7 Å². The predicted molar refractivity (Wildman–Crippen MR) is 101 cm³/mol. The minimum absolute atomic E-state index is 0.0392. The lowest BCUT2D eigenvalue weighted by Gasteiger charge is -2.60. The van der Waals surface area contributed by atoms with Gasteiger partial charge in [0.25, 0.3) is 5.91 Å². The van der Waals surface area contributed by atoms with Gasteiger partial charge in [0.2, 0.25) is 10.0 Å². The molecule has 1 aliphatic carbocycles. The third-order valence-electron chi connectivity index (χ3n) is 5.34. The molecule has 7 nitrogen and oxygen atoms in total. The van der Waals surface area contributed by atoms with Crippen LogP contribution in [0.5, 0.6) is 0 Å². The number of amides is 1. The molecule has 0 bridgehead atoms. The summed E-state index contributed by atoms with van der Waals surface area (Å²) >= 11 is 0. The second-order valence-electron chi connectivity index (χ2n) is 7.15. The predicted octanol–water partition coefficient (Wildman–Crippen LogP) is 1.74. The number of anilines is 1. The van der Waals surface area contributed by atoms with Crippen molar-refractivity contribution in [3.05, 3.63) is 29.8 Å². The van der Waals surface area contributed by atoms with Crippen LogP contribution in [0.1, 0.15) is 44.5 Å². The van der Waals surface area contributed by atoms with Gasteiger partial charge in [-0.15, -0.1) is 0 Å². The Bertz CT molecular complexity index is 763. The topological polar surface area (TPSA) is 105 Å². The Labute approximate surface area is 155 Å². The first-order valence-corrected chi connectivity index (χ1v) is 10.4. The largest absolute Gasteiger partial charge is 0.394 e. The third-order valence-corrected chi connectivity index (χ3v) is 6.65. The maximum absolute atomic E-state index is 12.7. The van der Waals surface area contributed by atoms with Crippen LogP contribution in [-0.2, 0) is 14.8 Å². The van der Waals surface area contributed by atoms with E-state index in [1.54, 1.807) is 18.2 Å². The maximum atomic E-state index is 12.7. The average molecular weight is 384 g/mol. The standard InChI is InChI=1S/C18H28N2O5S/c1-5-25-15-11-18(12-21,17(15,3)4)19-16(22)13-8-7-9-14(10-13)20-26(23,24)6-2/h7-10,15,20-21H,5-6,11-12H2,1-4H3,(H,19,22)/t15-,18-/m0/s1. The lowest BCUT2D eigenvalue weighted by atomic mass is 9.54. The molecule has 3 N–H and O–H groups in total. The summed E-state index contributed by atoms with van der Waals surface area (Å²) in [6.45, 7) is 7.74. The molecule has 1 amide bonds. The quantitative estimate of drug-likeness (QED) is 0.633. The molecule has 0 aliphatic heterocycles. The normalized spacial score (nSPS) is 24.6. The van der Waals surface area contributed by atoms with Gasteiger partial charge in [0.05, 0.1) is 24.0 Å². The molecule has 0 aromatic heterocycles. The summed E-state index contributed by atoms with van der Waals surface area (Å²) in [5.74, 6) is -0.413. The van der Waals surface area contributed by atoms with Crippen molar-refractivity contribution in [1.82, 2.24) is 5.32 Å². The number of carbonyl (C=O) groups is 1. The van der Waals surface area contributed by atoms with Crippen LogP contribution in [0.15, 0.2) is 24.3 Å². The fraction of sp³-hybridized carbons (Fsp3) is 0.611. The van der Waals surface area contributed by atoms with Crippen LogP contribution in [0.2, 0.25) is 0 Å². The van der Waals surface area contributed by atoms with Gasteiger partial charge in [-0.25, -0.2) is 8.42 Å². The first kappa shape index (κ1) is 20.7. The second-order valence-corrected chi connectivity index (χ2v) is 9.16. The van der Waals surface area contributed by atoms with E-state index in [1.165, 1.54) is 13.0 Å². The minimum Gasteiger partial charge on any atom is -0.394 e. The van der Waals surface area contributed by atoms with E-state index in [4.69, 9.17) is 4.74 Å². The number of rotatable bonds is 8. The molecule has 146 valence electrons. The molecular weight excluding hydrogens is 356 g/mol. The van der Waals surface area contributed by atoms with Crippen molar-refractivity contribution in [2.24, 2.45) is 5.41 Å². The van der Waals surface area contributed by atoms with Crippen LogP contribution < -0.4 is 10.0 Å². The van der Waals surface area contributed by atoms with Crippen molar-refractivity contribution < 1.29 is 23.1 Å². The van der Waals surface area contributed by atoms with Gasteiger partial charge >= 0.3 is 0 Å². The summed E-state index contributed by atoms with van der Waals surface area (Å²) < 4.78 is 31.5. The van der Waals surface area contributed by atoms with Crippen molar-refractivity contribution in [2.45, 2.75) is 45.8 Å². The van der Waals surface area contributed by atoms with E-state index in [0.717, 1.165) is 0 Å². The third kappa shape index (κ3) is 3.87. The number of sulfonamides is 1. The minimum atomic E-state index is -3.42. The number of aliphatic hydroxyl groups excluding tert-OH is 1. The van der Waals surface area contributed by atoms with Gasteiger partial charge in [-0.2, -0.15) is 0 Å². The first-order valence-electron chi connectivity index (χ1n) is 8.76. The fourth-order valence-corrected chi connectivity index (χ4v) is 3.90. The molecule has 1 fully saturated rings. The molecule has 0 heterocycles. The zero-order valence-electron chi connectivity index (χ0n) is 15.7. The molecule has 26 heavy (non-hydrogen) atoms. The lowest BCUT2D eigenvalue weighted by molar-refractivity contribution is -0.172. The van der Waals surface area contributed by atoms with Crippen LogP contribution in [0.3, 0.4) is 0 Å². The molecule has 2 rings (SSSR count). The number of hydrogen-bond donors (Lipinski definition) is 3. The lowest BCUT2D eigenvalue weighted by Crippen LogP contribution is -2.74. The number of ether oxygens (including phenoxy) is 1. The Hall–Kier alpha value is -1.64. The number of carbonyl (C=O) groups excluding carboxylic acids is 1. The highest BCUT2D eigenvalue weighted by molar-refractivity contribution is 7.92. The van der Waals surface area contributed by atoms with E-state index in [9.17, 15) is 18.3 Å². The van der Waals surface area contributed by atoms with Gasteiger partial charge in [0.15, 0.2) is 0 Å². The molecule has 0 radical (unpaired) electrons. The molecule has 0 unspecified atom stereocenters. The summed E-state index contributed by atoms with van der Waals surface area (Å²) in [6.07, 6.45) is 0.487. The smallest absolute Gasteiger partial charge is 0.251 e. The van der Waals surface area contributed by atoms with Crippen LogP contribution >= 0.6 is 0 Å². The van der Waals surface area contributed by atoms with Gasteiger partial charge < -0.3 is 15.2 Å². The fourth-order valence-electron chi connectivity index (χ4n) is 3.27. The Morgan fingerprint density at radius 3 is 2.58 bits per heavy atom. The maximum Gasteiger partial charge on any atom is 0.251 e. The van der Waals surface area contributed by atoms with Crippen molar-refractivity contribution >= 4 is 21.6 Å². The van der Waals surface area contributed by atoms with Crippen molar-refractivity contribution in [3.63, 3.8) is 0 Å². The first-order chi connectivity index (χ1) is 12.1. The number of hydrogen-bond acceptors (Lipinski definition) is 5. The zero-order valence-corrected chi connectivity index (χ0v) is 16.5. The van der Waals surface area contributed by atoms with E-state index in [-0.39, 0.29) is 24.4 Å². The number of nitrogens with one attached hydrogen (secondary N) is 2. The molecule has 1 aromatic rings. The summed E-state index contributed by atoms with van der Waals surface area (Å²) in [4.78, 5) is 12.7. The molecular formula is C18H28N2O5S. The molecule has 1 aromatic carbocycles. The Balaban J connectivity index is 2.17. The van der Waals surface area contributed by atoms with Crippen LogP contribution in [0.4, 0.5) is 5.69 Å². The summed E-state index contributed by atoms with van der Waals surface area (Å²) in [5, 5.41) is 12.9. The van der Waals surface area contributed by atoms with Gasteiger partial charge in [0.1, 0.15) is 0 Å². The Kier molecular flexibility index (Phi) is 5.99. The summed E-state index contributed by atoms with van der Waals surface area (Å²) in [6, 6.07) is 6.29. The highest BCUT2D eigenvalue weighted by atomic mass is 32.2. The highest BCUT2D eigenvalue weighted by Gasteiger charge is 2.61. The van der Waals surface area contributed by atoms with Gasteiger partial charge in [0, 0.05) is 29.7 Å². The molecule has 2 atom stereocenters. The molecule has 0 saturated heterocycles. The molecule has 1 saturated carbocycles. The summed E-state index contributed by atoms with van der Waals surface area (Å²) in [7, 11) is -3.42. The van der Waals surface area contributed by atoms with Crippen molar-refractivity contribution in [1.29, 1.82) is 0 Å². The number of benzene rings is 1. The summed E-state index contributed by atoms with van der Waals surface area (Å²) in [5.41, 5.74) is -0.542. The van der Waals surface area contributed by atoms with E-state index in [0.29, 0.717) is 24.3 Å². The molecule has 8 heteroatoms. The van der Waals surface area contributed by atoms with E-state index in [1.807, 2.05) is 20.8 Å². The SMILES string of the molecule is CCO[C@H]1C[C@@](CO)(NC(=O)c2cccc(NS(=O)(=O)CC)c2)C1(C)C. The van der Waals surface area contributed by atoms with Crippen molar-refractivity contribution in [3.8, 4) is 0 Å². The van der Waals surface area contributed by atoms with E-state index in [2.05, 4.69) is 10.0 Å². The van der Waals surface area contributed by atoms with Gasteiger partial charge in [-0.3, -0.25) is 9.52 Å². The van der Waals surface area contributed by atoms with Crippen LogP contribution in [-0.4, -0.2) is 50.0 Å². The van der Waals surface area contributed by atoms with E-state index < -0.39 is 21.0 Å². The molecule has 1 aliphatic rings. The van der Waals surface area contributed by atoms with Gasteiger partial charge in [-0.05, 0) is 32.0 Å². The van der Waals surface area contributed by atoms with Crippen LogP contribution in [0.25, 0.3) is 0 Å². The Morgan fingerprint density at radius 1 is 1.35 bits per heavy atom. The van der Waals surface area contributed by atoms with Gasteiger partial charge in [-0.1, -0.05) is 19.9 Å². The number of aliphatic hydroxyl groups is 1. The van der Waals surface area contributed by atoms with E-state index >= 15 is 0 Å².